The van der Waals surface area contributed by atoms with Crippen LogP contribution in [0.3, 0.4) is 0 Å². The zero-order valence-electron chi connectivity index (χ0n) is 28.1. The van der Waals surface area contributed by atoms with Crippen LogP contribution in [-0.2, 0) is 20.9 Å². The molecular formula is C37H45FN6O5. The van der Waals surface area contributed by atoms with E-state index in [0.29, 0.717) is 12.0 Å². The third-order valence-corrected chi connectivity index (χ3v) is 8.43. The van der Waals surface area contributed by atoms with Crippen molar-refractivity contribution in [1.29, 1.82) is 0 Å². The van der Waals surface area contributed by atoms with Crippen molar-refractivity contribution in [3.05, 3.63) is 121 Å². The number of urea groups is 1. The van der Waals surface area contributed by atoms with Gasteiger partial charge in [0.25, 0.3) is 0 Å². The van der Waals surface area contributed by atoms with Crippen molar-refractivity contribution >= 4 is 23.9 Å². The Morgan fingerprint density at radius 3 is 2.51 bits per heavy atom. The summed E-state index contributed by atoms with van der Waals surface area (Å²) in [6.07, 6.45) is 8.29. The number of benzene rings is 2. The van der Waals surface area contributed by atoms with Crippen LogP contribution in [0.2, 0.25) is 0 Å². The first-order chi connectivity index (χ1) is 23.6. The van der Waals surface area contributed by atoms with Gasteiger partial charge in [0.1, 0.15) is 24.6 Å². The van der Waals surface area contributed by atoms with Gasteiger partial charge in [-0.3, -0.25) is 9.59 Å². The Labute approximate surface area is 287 Å². The molecule has 2 aliphatic rings. The molecule has 2 N–H and O–H groups in total. The topological polar surface area (TPSA) is 115 Å². The Kier molecular flexibility index (Phi) is 13.3. The zero-order chi connectivity index (χ0) is 35.3. The fraction of sp³-hybridized carbons (Fsp3) is 0.351. The predicted molar refractivity (Wildman–Crippen MR) is 185 cm³/mol. The molecule has 0 bridgehead atoms. The molecule has 0 aromatic heterocycles. The molecule has 260 valence electrons. The minimum atomic E-state index is -0.887. The number of alkyl carbamates (subject to hydrolysis) is 1. The second-order valence-electron chi connectivity index (χ2n) is 11.9. The molecule has 3 atom stereocenters. The number of nitrogens with zero attached hydrogens (tertiary/aromatic N) is 4. The van der Waals surface area contributed by atoms with Crippen molar-refractivity contribution in [3.63, 3.8) is 0 Å². The number of halogens is 1. The van der Waals surface area contributed by atoms with Crippen LogP contribution in [0.15, 0.2) is 104 Å². The lowest BCUT2D eigenvalue weighted by molar-refractivity contribution is -0.187. The molecule has 2 aliphatic heterocycles. The Morgan fingerprint density at radius 1 is 1.08 bits per heavy atom. The molecule has 11 nitrogen and oxygen atoms in total. The molecule has 0 aliphatic carbocycles. The normalized spacial score (nSPS) is 18.8. The monoisotopic (exact) mass is 672 g/mol. The van der Waals surface area contributed by atoms with E-state index in [-0.39, 0.29) is 69.3 Å². The third kappa shape index (κ3) is 9.66. The second-order valence-corrected chi connectivity index (χ2v) is 11.9. The lowest BCUT2D eigenvalue weighted by atomic mass is 9.90. The molecule has 2 saturated heterocycles. The molecule has 0 saturated carbocycles. The average molecular weight is 673 g/mol. The molecule has 49 heavy (non-hydrogen) atoms. The lowest BCUT2D eigenvalue weighted by Crippen LogP contribution is -2.76. The average Bonchev–Trinajstić information content (AvgIpc) is 3.09. The van der Waals surface area contributed by atoms with Crippen molar-refractivity contribution in [1.82, 2.24) is 30.5 Å². The van der Waals surface area contributed by atoms with Crippen LogP contribution >= 0.6 is 0 Å². The van der Waals surface area contributed by atoms with Gasteiger partial charge < -0.3 is 25.2 Å². The van der Waals surface area contributed by atoms with Gasteiger partial charge in [0, 0.05) is 32.6 Å². The van der Waals surface area contributed by atoms with E-state index in [9.17, 15) is 23.6 Å². The van der Waals surface area contributed by atoms with Gasteiger partial charge in [-0.15, -0.1) is 0 Å². The zero-order valence-corrected chi connectivity index (χ0v) is 28.1. The first kappa shape index (κ1) is 36.6. The van der Waals surface area contributed by atoms with E-state index in [2.05, 4.69) is 23.8 Å². The fourth-order valence-corrected chi connectivity index (χ4v) is 6.03. The van der Waals surface area contributed by atoms with Crippen molar-refractivity contribution < 1.29 is 28.3 Å². The fourth-order valence-electron chi connectivity index (χ4n) is 6.03. The van der Waals surface area contributed by atoms with E-state index in [1.807, 2.05) is 61.6 Å². The first-order valence-electron chi connectivity index (χ1n) is 16.3. The predicted octanol–water partition coefficient (Wildman–Crippen LogP) is 4.73. The first-order valence-corrected chi connectivity index (χ1v) is 16.3. The standard InChI is InChI=1S/C37H45FN6O5/c1-5-7-9-13-27(3)31(29-14-10-8-11-15-29)24-42-25-33-43(32(35(42)46)16-12-21-39-37(48)49-22-6-2)34(45)26-41(4)44(33)36(47)40-23-28-17-19-30(38)20-18-28/h5-11,13-15,17-20,31-33H,2-3,12,16,21-26H2,1,4H3,(H,39,48)(H,40,47)/b7-5-,13-9-/t31?,32-,33-/m0/s1. The van der Waals surface area contributed by atoms with Gasteiger partial charge in [-0.25, -0.2) is 24.0 Å². The summed E-state index contributed by atoms with van der Waals surface area (Å²) < 4.78 is 18.4. The maximum atomic E-state index is 14.3. The number of likely N-dealkylation sites (N-methyl/N-ethyl adjacent to an activating group) is 1. The van der Waals surface area contributed by atoms with Crippen LogP contribution in [-0.4, -0.2) is 95.8 Å². The van der Waals surface area contributed by atoms with E-state index in [1.54, 1.807) is 29.1 Å². The molecule has 2 heterocycles. The second kappa shape index (κ2) is 17.8. The van der Waals surface area contributed by atoms with Crippen LogP contribution in [0.4, 0.5) is 14.0 Å². The number of allylic oxidation sites excluding steroid dienone is 4. The number of carbonyl (C=O) groups is 4. The number of fused-ring (bicyclic) bond motifs is 1. The number of ether oxygens (including phenoxy) is 1. The highest BCUT2D eigenvalue weighted by molar-refractivity contribution is 5.91. The van der Waals surface area contributed by atoms with E-state index in [1.165, 1.54) is 28.1 Å². The summed E-state index contributed by atoms with van der Waals surface area (Å²) in [7, 11) is 1.65. The highest BCUT2D eigenvalue weighted by Crippen LogP contribution is 2.32. The number of hydrogen-bond acceptors (Lipinski definition) is 6. The largest absolute Gasteiger partial charge is 0.445 e. The number of hydrazine groups is 1. The molecule has 2 fully saturated rings. The molecule has 12 heteroatoms. The Balaban J connectivity index is 1.63. The number of amides is 5. The summed E-state index contributed by atoms with van der Waals surface area (Å²) in [5, 5.41) is 8.57. The van der Waals surface area contributed by atoms with Crippen LogP contribution in [0.5, 0.6) is 0 Å². The minimum absolute atomic E-state index is 0.0657. The van der Waals surface area contributed by atoms with Crippen molar-refractivity contribution in [2.24, 2.45) is 0 Å². The van der Waals surface area contributed by atoms with Gasteiger partial charge in [0.2, 0.25) is 11.8 Å². The highest BCUT2D eigenvalue weighted by atomic mass is 19.1. The summed E-state index contributed by atoms with van der Waals surface area (Å²) in [6.45, 7) is 10.4. The minimum Gasteiger partial charge on any atom is -0.445 e. The van der Waals surface area contributed by atoms with Crippen LogP contribution in [0, 0.1) is 5.82 Å². The maximum absolute atomic E-state index is 14.3. The third-order valence-electron chi connectivity index (χ3n) is 8.43. The van der Waals surface area contributed by atoms with Gasteiger partial charge in [-0.1, -0.05) is 86.0 Å². The van der Waals surface area contributed by atoms with Crippen LogP contribution < -0.4 is 10.6 Å². The number of piperazine rings is 1. The summed E-state index contributed by atoms with van der Waals surface area (Å²) in [5.41, 5.74) is 2.47. The quantitative estimate of drug-likeness (QED) is 0.171. The number of nitrogens with one attached hydrogen (secondary N) is 2. The molecule has 0 spiro atoms. The Bertz CT molecular complexity index is 1550. The highest BCUT2D eigenvalue weighted by Gasteiger charge is 2.50. The van der Waals surface area contributed by atoms with Crippen LogP contribution in [0.1, 0.15) is 36.8 Å². The van der Waals surface area contributed by atoms with E-state index >= 15 is 0 Å². The van der Waals surface area contributed by atoms with E-state index in [0.717, 1.165) is 11.1 Å². The SMILES string of the molecule is C=CCOC(=O)NCCC[C@H]1C(=O)N(CC(C(=C)/C=C\C=C/C)c2ccccc2)C[C@H]2N1C(=O)CN(C)N2C(=O)NCc1ccc(F)cc1. The van der Waals surface area contributed by atoms with Crippen molar-refractivity contribution in [2.75, 3.05) is 39.8 Å². The molecule has 2 aromatic rings. The van der Waals surface area contributed by atoms with Gasteiger partial charge in [-0.05, 0) is 48.6 Å². The van der Waals surface area contributed by atoms with Gasteiger partial charge in [0.15, 0.2) is 0 Å². The van der Waals surface area contributed by atoms with Crippen molar-refractivity contribution in [3.8, 4) is 0 Å². The Morgan fingerprint density at radius 2 is 1.82 bits per heavy atom. The molecular weight excluding hydrogens is 627 g/mol. The van der Waals surface area contributed by atoms with Crippen molar-refractivity contribution in [2.45, 2.75) is 44.4 Å². The summed E-state index contributed by atoms with van der Waals surface area (Å²) in [5.74, 6) is -1.18. The number of rotatable bonds is 14. The van der Waals surface area contributed by atoms with E-state index in [4.69, 9.17) is 4.74 Å². The number of hydrogen-bond donors (Lipinski definition) is 2. The molecule has 2 aromatic carbocycles. The smallest absolute Gasteiger partial charge is 0.407 e. The summed E-state index contributed by atoms with van der Waals surface area (Å²) in [6, 6.07) is 14.2. The van der Waals surface area contributed by atoms with Gasteiger partial charge in [0.05, 0.1) is 13.1 Å². The van der Waals surface area contributed by atoms with Gasteiger partial charge in [-0.2, -0.15) is 0 Å². The summed E-state index contributed by atoms with van der Waals surface area (Å²) in [4.78, 5) is 56.9. The Hall–Kier alpha value is -5.23. The lowest BCUT2D eigenvalue weighted by Gasteiger charge is -2.54. The summed E-state index contributed by atoms with van der Waals surface area (Å²) >= 11 is 0. The molecule has 0 radical (unpaired) electrons. The number of carbonyl (C=O) groups excluding carboxylic acids is 4. The van der Waals surface area contributed by atoms with Crippen LogP contribution in [0.25, 0.3) is 0 Å². The van der Waals surface area contributed by atoms with Gasteiger partial charge >= 0.3 is 12.1 Å². The van der Waals surface area contributed by atoms with E-state index < -0.39 is 24.3 Å². The maximum Gasteiger partial charge on any atom is 0.407 e. The molecule has 1 unspecified atom stereocenters. The molecule has 4 rings (SSSR count). The molecule has 5 amide bonds.